The first-order valence-corrected chi connectivity index (χ1v) is 11.0. The van der Waals surface area contributed by atoms with Crippen LogP contribution in [0.25, 0.3) is 5.57 Å². The Bertz CT molecular complexity index is 1130. The molecule has 33 heavy (non-hydrogen) atoms. The van der Waals surface area contributed by atoms with E-state index in [9.17, 15) is 24.8 Å². The molecule has 3 atom stereocenters. The highest BCUT2D eigenvalue weighted by Gasteiger charge is 2.57. The smallest absolute Gasteiger partial charge is 0.367 e. The Morgan fingerprint density at radius 3 is 2.70 bits per heavy atom. The van der Waals surface area contributed by atoms with Crippen molar-refractivity contribution >= 4 is 36.0 Å². The molecule has 0 bridgehead atoms. The first-order chi connectivity index (χ1) is 15.8. The first-order valence-electron chi connectivity index (χ1n) is 10.6. The highest BCUT2D eigenvalue weighted by molar-refractivity contribution is 7.75. The van der Waals surface area contributed by atoms with E-state index in [1.54, 1.807) is 31.3 Å². The van der Waals surface area contributed by atoms with Gasteiger partial charge in [-0.25, -0.2) is 4.79 Å². The largest absolute Gasteiger partial charge is 0.393 e. The Kier molecular flexibility index (Phi) is 6.48. The third kappa shape index (κ3) is 4.23. The lowest BCUT2D eigenvalue weighted by molar-refractivity contribution is -0.384. The summed E-state index contributed by atoms with van der Waals surface area (Å²) in [5.74, 6) is -1.58. The number of nitrogens with zero attached hydrogens (tertiary/aromatic N) is 3. The summed E-state index contributed by atoms with van der Waals surface area (Å²) in [5.41, 5.74) is 3.39. The van der Waals surface area contributed by atoms with Crippen LogP contribution in [0.2, 0.25) is 0 Å². The molecule has 0 aliphatic carbocycles. The van der Waals surface area contributed by atoms with E-state index in [0.717, 1.165) is 23.2 Å². The lowest BCUT2D eigenvalue weighted by Gasteiger charge is -2.44. The van der Waals surface area contributed by atoms with E-state index in [1.165, 1.54) is 17.0 Å². The fraction of sp³-hybridized carbons (Fsp3) is 0.348. The van der Waals surface area contributed by atoms with Gasteiger partial charge >= 0.3 is 5.97 Å². The number of nitro benzene ring substituents is 1. The minimum atomic E-state index is -0.818. The molecule has 2 aromatic rings. The van der Waals surface area contributed by atoms with Gasteiger partial charge < -0.3 is 14.2 Å². The highest BCUT2D eigenvalue weighted by Crippen LogP contribution is 2.47. The van der Waals surface area contributed by atoms with Crippen molar-refractivity contribution in [3.05, 3.63) is 75.2 Å². The number of nitro groups is 1. The number of hydrogen-bond acceptors (Lipinski definition) is 8. The summed E-state index contributed by atoms with van der Waals surface area (Å²) in [6.45, 7) is 1.57. The Hall–Kier alpha value is -3.24. The number of aliphatic hydroxyl groups excluding tert-OH is 1. The highest BCUT2D eigenvalue weighted by atomic mass is 32.1. The van der Waals surface area contributed by atoms with Crippen LogP contribution in [0.15, 0.2) is 48.3 Å². The summed E-state index contributed by atoms with van der Waals surface area (Å²) in [6, 6.07) is 9.79. The zero-order valence-electron chi connectivity index (χ0n) is 17.9. The third-order valence-electron chi connectivity index (χ3n) is 6.25. The number of aromatic nitrogens is 1. The number of pyridine rings is 1. The molecule has 172 valence electrons. The van der Waals surface area contributed by atoms with Gasteiger partial charge in [-0.3, -0.25) is 19.9 Å². The average molecular weight is 470 g/mol. The van der Waals surface area contributed by atoms with Gasteiger partial charge in [0.15, 0.2) is 0 Å². The molecule has 1 fully saturated rings. The normalized spacial score (nSPS) is 20.3. The van der Waals surface area contributed by atoms with Crippen molar-refractivity contribution in [1.29, 1.82) is 0 Å². The number of thiol groups is 1. The average Bonchev–Trinajstić information content (AvgIpc) is 3.13. The number of amides is 1. The van der Waals surface area contributed by atoms with Gasteiger partial charge in [-0.15, -0.1) is 0 Å². The molecule has 1 aromatic heterocycles. The Morgan fingerprint density at radius 2 is 2.06 bits per heavy atom. The second kappa shape index (κ2) is 9.32. The van der Waals surface area contributed by atoms with Gasteiger partial charge in [0.2, 0.25) is 5.91 Å². The molecule has 1 aromatic carbocycles. The number of hydrogen-bond donors (Lipinski definition) is 2. The van der Waals surface area contributed by atoms with Crippen LogP contribution in [-0.2, 0) is 26.6 Å². The zero-order chi connectivity index (χ0) is 23.7. The van der Waals surface area contributed by atoms with Crippen molar-refractivity contribution in [2.45, 2.75) is 44.8 Å². The monoisotopic (exact) mass is 469 g/mol. The molecular formula is C23H23N3O6S. The minimum Gasteiger partial charge on any atom is -0.393 e. The molecule has 2 aliphatic heterocycles. The fourth-order valence-corrected chi connectivity index (χ4v) is 4.79. The van der Waals surface area contributed by atoms with Crippen molar-refractivity contribution < 1.29 is 23.8 Å². The molecule has 10 heteroatoms. The van der Waals surface area contributed by atoms with Gasteiger partial charge in [-0.1, -0.05) is 18.2 Å². The number of benzene rings is 1. The minimum absolute atomic E-state index is 0.0530. The van der Waals surface area contributed by atoms with Gasteiger partial charge in [0.05, 0.1) is 23.0 Å². The van der Waals surface area contributed by atoms with Crippen LogP contribution in [0.1, 0.15) is 36.6 Å². The second-order valence-electron chi connectivity index (χ2n) is 8.23. The summed E-state index contributed by atoms with van der Waals surface area (Å²) < 4.78 is 4.66. The number of aliphatic hydroxyl groups is 1. The Balaban J connectivity index is 1.56. The number of aryl methyl sites for hydroxylation is 2. The van der Waals surface area contributed by atoms with E-state index in [2.05, 4.69) is 22.1 Å². The molecule has 1 N–H and O–H groups in total. The number of β-lactam (4-membered cyclic amide) rings is 1. The van der Waals surface area contributed by atoms with Crippen molar-refractivity contribution in [3.8, 4) is 0 Å². The van der Waals surface area contributed by atoms with Crippen molar-refractivity contribution in [3.63, 3.8) is 0 Å². The number of rotatable bonds is 8. The fourth-order valence-electron chi connectivity index (χ4n) is 4.70. The standard InChI is InChI=1S/C23H23N3O6S/c1-13(27)20-19-12-17(21(23(29)32-33)25(19)22(20)28)16-5-3-11-24-18(16)6-2-4-14-7-9-15(10-8-14)26(30)31/h3,5,7-11,13,19-20,27,33H,2,4,6,12H2,1H3/t13-,19?,20+/m1/s1. The van der Waals surface area contributed by atoms with E-state index in [4.69, 9.17) is 0 Å². The summed E-state index contributed by atoms with van der Waals surface area (Å²) in [7, 11) is 0. The van der Waals surface area contributed by atoms with Crippen molar-refractivity contribution in [2.24, 2.45) is 5.92 Å². The lowest BCUT2D eigenvalue weighted by Crippen LogP contribution is -2.61. The van der Waals surface area contributed by atoms with E-state index in [0.29, 0.717) is 24.8 Å². The molecule has 3 heterocycles. The second-order valence-corrected chi connectivity index (χ2v) is 8.41. The third-order valence-corrected chi connectivity index (χ3v) is 6.41. The molecule has 2 aliphatic rings. The molecule has 1 unspecified atom stereocenters. The van der Waals surface area contributed by atoms with Gasteiger partial charge in [-0.2, -0.15) is 0 Å². The molecule has 0 spiro atoms. The quantitative estimate of drug-likeness (QED) is 0.200. The molecule has 9 nitrogen and oxygen atoms in total. The zero-order valence-corrected chi connectivity index (χ0v) is 18.8. The molecule has 1 amide bonds. The van der Waals surface area contributed by atoms with E-state index < -0.39 is 22.9 Å². The maximum absolute atomic E-state index is 12.6. The van der Waals surface area contributed by atoms with Crippen LogP contribution < -0.4 is 0 Å². The van der Waals surface area contributed by atoms with Crippen LogP contribution in [0.4, 0.5) is 5.69 Å². The lowest BCUT2D eigenvalue weighted by atomic mass is 9.82. The van der Waals surface area contributed by atoms with Crippen LogP contribution in [0.3, 0.4) is 0 Å². The number of fused-ring (bicyclic) bond motifs is 1. The Labute approximate surface area is 195 Å². The van der Waals surface area contributed by atoms with Gasteiger partial charge in [0.25, 0.3) is 5.69 Å². The Morgan fingerprint density at radius 1 is 1.33 bits per heavy atom. The number of carbonyl (C=O) groups excluding carboxylic acids is 2. The van der Waals surface area contributed by atoms with Crippen LogP contribution in [-0.4, -0.2) is 43.9 Å². The summed E-state index contributed by atoms with van der Waals surface area (Å²) in [6.07, 6.45) is 3.33. The SMILES string of the molecule is C[C@@H](O)[C@@H]1C(=O)N2C(C(=O)OS)=C(c3cccnc3CCCc3ccc([N+](=O)[O-])cc3)CC12. The van der Waals surface area contributed by atoms with Gasteiger partial charge in [0, 0.05) is 42.5 Å². The predicted molar refractivity (Wildman–Crippen MR) is 122 cm³/mol. The van der Waals surface area contributed by atoms with Gasteiger partial charge in [0.1, 0.15) is 5.70 Å². The van der Waals surface area contributed by atoms with E-state index in [1.807, 2.05) is 6.07 Å². The van der Waals surface area contributed by atoms with Crippen LogP contribution >= 0.6 is 12.9 Å². The topological polar surface area (TPSA) is 123 Å². The van der Waals surface area contributed by atoms with Crippen molar-refractivity contribution in [2.75, 3.05) is 0 Å². The molecule has 0 radical (unpaired) electrons. The maximum Gasteiger partial charge on any atom is 0.367 e. The summed E-state index contributed by atoms with van der Waals surface area (Å²) >= 11 is 3.64. The predicted octanol–water partition coefficient (Wildman–Crippen LogP) is 2.88. The molecule has 0 saturated carbocycles. The van der Waals surface area contributed by atoms with Crippen LogP contribution in [0.5, 0.6) is 0 Å². The summed E-state index contributed by atoms with van der Waals surface area (Å²) in [5, 5.41) is 20.8. The number of carbonyl (C=O) groups is 2. The first kappa shape index (κ1) is 22.9. The van der Waals surface area contributed by atoms with E-state index >= 15 is 0 Å². The number of non-ortho nitro benzene ring substituents is 1. The van der Waals surface area contributed by atoms with Crippen molar-refractivity contribution in [1.82, 2.24) is 9.88 Å². The maximum atomic E-state index is 12.6. The molecule has 1 saturated heterocycles. The molecule has 4 rings (SSSR count). The van der Waals surface area contributed by atoms with Gasteiger partial charge in [-0.05, 0) is 49.8 Å². The summed E-state index contributed by atoms with van der Waals surface area (Å²) in [4.78, 5) is 41.4. The van der Waals surface area contributed by atoms with E-state index in [-0.39, 0.29) is 23.3 Å². The molecular weight excluding hydrogens is 446 g/mol. The van der Waals surface area contributed by atoms with Crippen LogP contribution in [0, 0.1) is 16.0 Å².